The molecule has 1 aromatic heterocycles. The Morgan fingerprint density at radius 2 is 1.76 bits per heavy atom. The Morgan fingerprint density at radius 1 is 1.00 bits per heavy atom. The second-order valence-electron chi connectivity index (χ2n) is 4.01. The third kappa shape index (κ3) is 1.47. The number of aromatic nitrogens is 2. The second-order valence-corrected chi connectivity index (χ2v) is 4.01. The molecule has 3 rings (SSSR count). The first kappa shape index (κ1) is 9.90. The maximum absolute atomic E-state index is 9.97. The topological polar surface area (TPSA) is 38.0 Å². The SMILES string of the molecule is Cc1nn(-c2ccccc2)c2c(O)cccc12. The number of benzene rings is 2. The summed E-state index contributed by atoms with van der Waals surface area (Å²) in [6.07, 6.45) is 0. The fraction of sp³-hybridized carbons (Fsp3) is 0.0714. The van der Waals surface area contributed by atoms with Crippen LogP contribution >= 0.6 is 0 Å². The predicted molar refractivity (Wildman–Crippen MR) is 67.5 cm³/mol. The highest BCUT2D eigenvalue weighted by molar-refractivity contribution is 5.88. The van der Waals surface area contributed by atoms with Crippen molar-refractivity contribution in [3.63, 3.8) is 0 Å². The Balaban J connectivity index is 2.38. The van der Waals surface area contributed by atoms with E-state index in [2.05, 4.69) is 5.10 Å². The van der Waals surface area contributed by atoms with E-state index in [-0.39, 0.29) is 5.75 Å². The van der Waals surface area contributed by atoms with Gasteiger partial charge in [-0.05, 0) is 25.1 Å². The van der Waals surface area contributed by atoms with Crippen molar-refractivity contribution in [3.05, 3.63) is 54.2 Å². The van der Waals surface area contributed by atoms with E-state index in [0.29, 0.717) is 0 Å². The minimum Gasteiger partial charge on any atom is -0.506 e. The lowest BCUT2D eigenvalue weighted by Crippen LogP contribution is -1.95. The van der Waals surface area contributed by atoms with Crippen LogP contribution in [0.15, 0.2) is 48.5 Å². The Hall–Kier alpha value is -2.29. The van der Waals surface area contributed by atoms with Gasteiger partial charge >= 0.3 is 0 Å². The maximum atomic E-state index is 9.97. The molecule has 0 aliphatic carbocycles. The fourth-order valence-electron chi connectivity index (χ4n) is 2.06. The van der Waals surface area contributed by atoms with Gasteiger partial charge in [0.15, 0.2) is 0 Å². The molecule has 1 N–H and O–H groups in total. The summed E-state index contributed by atoms with van der Waals surface area (Å²) in [6, 6.07) is 15.3. The van der Waals surface area contributed by atoms with E-state index in [1.54, 1.807) is 10.7 Å². The average molecular weight is 224 g/mol. The summed E-state index contributed by atoms with van der Waals surface area (Å²) >= 11 is 0. The Labute approximate surface area is 98.9 Å². The first-order valence-corrected chi connectivity index (χ1v) is 5.50. The van der Waals surface area contributed by atoms with Crippen LogP contribution in [-0.2, 0) is 0 Å². The van der Waals surface area contributed by atoms with E-state index in [4.69, 9.17) is 0 Å². The lowest BCUT2D eigenvalue weighted by atomic mass is 10.2. The Morgan fingerprint density at radius 3 is 2.53 bits per heavy atom. The van der Waals surface area contributed by atoms with Gasteiger partial charge < -0.3 is 5.11 Å². The summed E-state index contributed by atoms with van der Waals surface area (Å²) < 4.78 is 1.78. The number of fused-ring (bicyclic) bond motifs is 1. The molecule has 1 heterocycles. The van der Waals surface area contributed by atoms with E-state index < -0.39 is 0 Å². The van der Waals surface area contributed by atoms with Crippen molar-refractivity contribution in [2.75, 3.05) is 0 Å². The van der Waals surface area contributed by atoms with Crippen molar-refractivity contribution < 1.29 is 5.11 Å². The fourth-order valence-corrected chi connectivity index (χ4v) is 2.06. The lowest BCUT2D eigenvalue weighted by Gasteiger charge is -2.03. The number of hydrogen-bond acceptors (Lipinski definition) is 2. The largest absolute Gasteiger partial charge is 0.506 e. The number of para-hydroxylation sites is 2. The standard InChI is InChI=1S/C14H12N2O/c1-10-12-8-5-9-13(17)14(12)16(15-10)11-6-3-2-4-7-11/h2-9,17H,1H3. The van der Waals surface area contributed by atoms with Crippen molar-refractivity contribution in [1.29, 1.82) is 0 Å². The van der Waals surface area contributed by atoms with Gasteiger partial charge in [-0.25, -0.2) is 4.68 Å². The predicted octanol–water partition coefficient (Wildman–Crippen LogP) is 3.04. The zero-order valence-corrected chi connectivity index (χ0v) is 9.46. The zero-order chi connectivity index (χ0) is 11.8. The highest BCUT2D eigenvalue weighted by Crippen LogP contribution is 2.28. The van der Waals surface area contributed by atoms with Gasteiger partial charge in [-0.15, -0.1) is 0 Å². The van der Waals surface area contributed by atoms with Crippen molar-refractivity contribution in [2.24, 2.45) is 0 Å². The summed E-state index contributed by atoms with van der Waals surface area (Å²) in [5, 5.41) is 15.4. The Kier molecular flexibility index (Phi) is 2.11. The van der Waals surface area contributed by atoms with Crippen LogP contribution in [0.4, 0.5) is 0 Å². The number of aryl methyl sites for hydroxylation is 1. The van der Waals surface area contributed by atoms with Gasteiger partial charge in [0.25, 0.3) is 0 Å². The smallest absolute Gasteiger partial charge is 0.141 e. The number of aromatic hydroxyl groups is 1. The van der Waals surface area contributed by atoms with Crippen LogP contribution < -0.4 is 0 Å². The molecule has 0 unspecified atom stereocenters. The van der Waals surface area contributed by atoms with E-state index in [1.165, 1.54) is 0 Å². The molecule has 0 saturated heterocycles. The molecular formula is C14H12N2O. The van der Waals surface area contributed by atoms with E-state index in [0.717, 1.165) is 22.3 Å². The quantitative estimate of drug-likeness (QED) is 0.690. The molecule has 0 bridgehead atoms. The number of hydrogen-bond donors (Lipinski definition) is 1. The molecule has 0 aliphatic rings. The highest BCUT2D eigenvalue weighted by Gasteiger charge is 2.11. The molecule has 2 aromatic carbocycles. The van der Waals surface area contributed by atoms with Crippen LogP contribution in [0.2, 0.25) is 0 Å². The van der Waals surface area contributed by atoms with Crippen molar-refractivity contribution in [2.45, 2.75) is 6.92 Å². The molecule has 3 heteroatoms. The molecule has 0 saturated carbocycles. The molecular weight excluding hydrogens is 212 g/mol. The van der Waals surface area contributed by atoms with Gasteiger partial charge in [-0.2, -0.15) is 5.10 Å². The van der Waals surface area contributed by atoms with Crippen LogP contribution in [0.3, 0.4) is 0 Å². The molecule has 0 fully saturated rings. The van der Waals surface area contributed by atoms with Gasteiger partial charge in [0, 0.05) is 5.39 Å². The monoisotopic (exact) mass is 224 g/mol. The van der Waals surface area contributed by atoms with E-state index in [9.17, 15) is 5.11 Å². The summed E-state index contributed by atoms with van der Waals surface area (Å²) in [7, 11) is 0. The molecule has 0 radical (unpaired) electrons. The van der Waals surface area contributed by atoms with Crippen molar-refractivity contribution >= 4 is 10.9 Å². The molecule has 3 aromatic rings. The van der Waals surface area contributed by atoms with Crippen LogP contribution in [0.25, 0.3) is 16.6 Å². The highest BCUT2D eigenvalue weighted by atomic mass is 16.3. The van der Waals surface area contributed by atoms with Crippen LogP contribution in [0.1, 0.15) is 5.69 Å². The lowest BCUT2D eigenvalue weighted by molar-refractivity contribution is 0.479. The molecule has 0 amide bonds. The van der Waals surface area contributed by atoms with Gasteiger partial charge in [-0.1, -0.05) is 30.3 Å². The minimum atomic E-state index is 0.256. The van der Waals surface area contributed by atoms with Crippen LogP contribution in [0.5, 0.6) is 5.75 Å². The number of phenolic OH excluding ortho intramolecular Hbond substituents is 1. The number of nitrogens with zero attached hydrogens (tertiary/aromatic N) is 2. The number of phenols is 1. The summed E-state index contributed by atoms with van der Waals surface area (Å²) in [5.74, 6) is 0.256. The van der Waals surface area contributed by atoms with Crippen molar-refractivity contribution in [3.8, 4) is 11.4 Å². The first-order chi connectivity index (χ1) is 8.27. The third-order valence-corrected chi connectivity index (χ3v) is 2.87. The van der Waals surface area contributed by atoms with Gasteiger partial charge in [0.1, 0.15) is 11.3 Å². The molecule has 0 aliphatic heterocycles. The van der Waals surface area contributed by atoms with Gasteiger partial charge in [0.05, 0.1) is 11.4 Å². The Bertz CT molecular complexity index is 671. The second kappa shape index (κ2) is 3.63. The summed E-state index contributed by atoms with van der Waals surface area (Å²) in [4.78, 5) is 0. The van der Waals surface area contributed by atoms with Gasteiger partial charge in [-0.3, -0.25) is 0 Å². The molecule has 84 valence electrons. The van der Waals surface area contributed by atoms with Crippen molar-refractivity contribution in [1.82, 2.24) is 9.78 Å². The first-order valence-electron chi connectivity index (χ1n) is 5.50. The molecule has 0 atom stereocenters. The van der Waals surface area contributed by atoms with E-state index >= 15 is 0 Å². The van der Waals surface area contributed by atoms with E-state index in [1.807, 2.05) is 49.4 Å². The van der Waals surface area contributed by atoms with Crippen LogP contribution in [-0.4, -0.2) is 14.9 Å². The van der Waals surface area contributed by atoms with Crippen LogP contribution in [0, 0.1) is 6.92 Å². The minimum absolute atomic E-state index is 0.256. The maximum Gasteiger partial charge on any atom is 0.141 e. The van der Waals surface area contributed by atoms with Gasteiger partial charge in [0.2, 0.25) is 0 Å². The number of rotatable bonds is 1. The molecule has 17 heavy (non-hydrogen) atoms. The third-order valence-electron chi connectivity index (χ3n) is 2.87. The average Bonchev–Trinajstić information content (AvgIpc) is 2.70. The zero-order valence-electron chi connectivity index (χ0n) is 9.46. The normalized spacial score (nSPS) is 10.9. The summed E-state index contributed by atoms with van der Waals surface area (Å²) in [6.45, 7) is 1.95. The molecule has 0 spiro atoms. The summed E-state index contributed by atoms with van der Waals surface area (Å²) in [5.41, 5.74) is 2.63. The molecule has 3 nitrogen and oxygen atoms in total.